The van der Waals surface area contributed by atoms with E-state index in [1.165, 1.54) is 0 Å². The molecule has 2 aliphatic heterocycles. The van der Waals surface area contributed by atoms with Gasteiger partial charge >= 0.3 is 0 Å². The highest BCUT2D eigenvalue weighted by molar-refractivity contribution is 6.30. The zero-order valence-electron chi connectivity index (χ0n) is 18.8. The standard InChI is InChI=1S/C26H27ClN2O4/c1-3-31-20-14-18(15-21(17-20)32-4-2)25(30)28-12-9-26(10-13-28)24-6-5-11-29(24)22-8-7-19(27)16-23(22)33-26/h5-8,11,14-17H,3-4,9-10,12-13H2,1-2H3. The lowest BCUT2D eigenvalue weighted by molar-refractivity contribution is -0.00932. The lowest BCUT2D eigenvalue weighted by atomic mass is 9.86. The van der Waals surface area contributed by atoms with Crippen molar-refractivity contribution >= 4 is 17.5 Å². The Labute approximate surface area is 198 Å². The number of carbonyl (C=O) groups is 1. The molecule has 3 heterocycles. The molecule has 1 spiro atoms. The van der Waals surface area contributed by atoms with Gasteiger partial charge in [-0.15, -0.1) is 0 Å². The first-order valence-corrected chi connectivity index (χ1v) is 11.8. The van der Waals surface area contributed by atoms with Crippen LogP contribution < -0.4 is 14.2 Å². The van der Waals surface area contributed by atoms with E-state index < -0.39 is 5.60 Å². The van der Waals surface area contributed by atoms with Crippen molar-refractivity contribution in [3.63, 3.8) is 0 Å². The fourth-order valence-electron chi connectivity index (χ4n) is 4.80. The van der Waals surface area contributed by atoms with Gasteiger partial charge in [-0.3, -0.25) is 4.79 Å². The zero-order chi connectivity index (χ0) is 23.0. The highest BCUT2D eigenvalue weighted by Gasteiger charge is 2.44. The van der Waals surface area contributed by atoms with Crippen molar-refractivity contribution in [1.82, 2.24) is 9.47 Å². The molecule has 0 aliphatic carbocycles. The number of halogens is 1. The average molecular weight is 467 g/mol. The number of nitrogens with zero attached hydrogens (tertiary/aromatic N) is 2. The summed E-state index contributed by atoms with van der Waals surface area (Å²) in [7, 11) is 0. The smallest absolute Gasteiger partial charge is 0.254 e. The highest BCUT2D eigenvalue weighted by atomic mass is 35.5. The monoisotopic (exact) mass is 466 g/mol. The number of carbonyl (C=O) groups excluding carboxylic acids is 1. The normalized spacial score (nSPS) is 16.0. The number of hydrogen-bond donors (Lipinski definition) is 0. The van der Waals surface area contributed by atoms with Crippen molar-refractivity contribution in [2.45, 2.75) is 32.3 Å². The molecule has 2 aliphatic rings. The van der Waals surface area contributed by atoms with Crippen LogP contribution in [0.2, 0.25) is 5.02 Å². The molecule has 0 atom stereocenters. The number of fused-ring (bicyclic) bond motifs is 4. The fraction of sp³-hybridized carbons (Fsp3) is 0.346. The lowest BCUT2D eigenvalue weighted by Crippen LogP contribution is -2.50. The van der Waals surface area contributed by atoms with Crippen LogP contribution >= 0.6 is 11.6 Å². The maximum Gasteiger partial charge on any atom is 0.254 e. The minimum Gasteiger partial charge on any atom is -0.494 e. The molecule has 0 saturated carbocycles. The molecule has 7 heteroatoms. The number of hydrogen-bond acceptors (Lipinski definition) is 4. The van der Waals surface area contributed by atoms with Crippen LogP contribution in [0.1, 0.15) is 42.7 Å². The SMILES string of the molecule is CCOc1cc(OCC)cc(C(=O)N2CCC3(CC2)Oc2cc(Cl)ccc2-n2cccc23)c1. The van der Waals surface area contributed by atoms with Crippen LogP contribution in [-0.2, 0) is 5.60 Å². The Morgan fingerprint density at radius 3 is 2.39 bits per heavy atom. The fourth-order valence-corrected chi connectivity index (χ4v) is 4.96. The summed E-state index contributed by atoms with van der Waals surface area (Å²) in [5.41, 5.74) is 2.19. The Hall–Kier alpha value is -3.12. The number of rotatable bonds is 5. The summed E-state index contributed by atoms with van der Waals surface area (Å²) in [6.45, 7) is 6.07. The summed E-state index contributed by atoms with van der Waals surface area (Å²) in [5, 5.41) is 0.645. The number of benzene rings is 2. The molecule has 33 heavy (non-hydrogen) atoms. The summed E-state index contributed by atoms with van der Waals surface area (Å²) in [4.78, 5) is 15.3. The Bertz CT molecular complexity index is 1160. The van der Waals surface area contributed by atoms with E-state index in [0.717, 1.165) is 17.1 Å². The van der Waals surface area contributed by atoms with Crippen LogP contribution in [0.4, 0.5) is 0 Å². The van der Waals surface area contributed by atoms with Crippen LogP contribution in [0, 0.1) is 0 Å². The van der Waals surface area contributed by atoms with E-state index in [9.17, 15) is 4.79 Å². The molecule has 1 aromatic heterocycles. The molecular weight excluding hydrogens is 440 g/mol. The Morgan fingerprint density at radius 2 is 1.73 bits per heavy atom. The second-order valence-corrected chi connectivity index (χ2v) is 8.76. The molecule has 5 rings (SSSR count). The molecule has 172 valence electrons. The number of piperidine rings is 1. The highest BCUT2D eigenvalue weighted by Crippen LogP contribution is 2.46. The van der Waals surface area contributed by atoms with Gasteiger partial charge in [0, 0.05) is 54.8 Å². The molecule has 0 unspecified atom stereocenters. The first-order valence-electron chi connectivity index (χ1n) is 11.4. The zero-order valence-corrected chi connectivity index (χ0v) is 19.6. The van der Waals surface area contributed by atoms with Crippen molar-refractivity contribution in [3.05, 3.63) is 71.0 Å². The Balaban J connectivity index is 1.38. The van der Waals surface area contributed by atoms with Crippen LogP contribution in [0.25, 0.3) is 5.69 Å². The van der Waals surface area contributed by atoms with E-state index in [4.69, 9.17) is 25.8 Å². The van der Waals surface area contributed by atoms with Crippen molar-refractivity contribution in [2.24, 2.45) is 0 Å². The molecule has 3 aromatic rings. The van der Waals surface area contributed by atoms with Crippen molar-refractivity contribution in [3.8, 4) is 22.9 Å². The molecule has 2 aromatic carbocycles. The van der Waals surface area contributed by atoms with E-state index in [-0.39, 0.29) is 5.91 Å². The predicted molar refractivity (Wildman–Crippen MR) is 127 cm³/mol. The number of likely N-dealkylation sites (tertiary alicyclic amines) is 1. The largest absolute Gasteiger partial charge is 0.494 e. The minimum absolute atomic E-state index is 0.0259. The molecule has 1 saturated heterocycles. The minimum atomic E-state index is -0.485. The number of aromatic nitrogens is 1. The van der Waals surface area contributed by atoms with Gasteiger partial charge in [0.15, 0.2) is 5.60 Å². The maximum atomic E-state index is 13.4. The lowest BCUT2D eigenvalue weighted by Gasteiger charge is -2.45. The summed E-state index contributed by atoms with van der Waals surface area (Å²) < 4.78 is 20.1. The molecule has 1 amide bonds. The van der Waals surface area contributed by atoms with Crippen LogP contribution in [-0.4, -0.2) is 41.7 Å². The molecule has 1 fully saturated rings. The second kappa shape index (κ2) is 8.67. The van der Waals surface area contributed by atoms with Gasteiger partial charge in [0.1, 0.15) is 17.2 Å². The van der Waals surface area contributed by atoms with Gasteiger partial charge < -0.3 is 23.7 Å². The van der Waals surface area contributed by atoms with E-state index >= 15 is 0 Å². The third-order valence-corrected chi connectivity index (χ3v) is 6.54. The molecular formula is C26H27ClN2O4. The van der Waals surface area contributed by atoms with E-state index in [0.29, 0.717) is 61.2 Å². The topological polar surface area (TPSA) is 52.9 Å². The summed E-state index contributed by atoms with van der Waals surface area (Å²) >= 11 is 6.25. The van der Waals surface area contributed by atoms with Gasteiger partial charge in [0.05, 0.1) is 24.6 Å². The van der Waals surface area contributed by atoms with Gasteiger partial charge in [-0.1, -0.05) is 11.6 Å². The first kappa shape index (κ1) is 21.7. The maximum absolute atomic E-state index is 13.4. The van der Waals surface area contributed by atoms with Crippen LogP contribution in [0.5, 0.6) is 17.2 Å². The number of ether oxygens (including phenoxy) is 3. The third kappa shape index (κ3) is 3.93. The van der Waals surface area contributed by atoms with Crippen LogP contribution in [0.15, 0.2) is 54.7 Å². The van der Waals surface area contributed by atoms with Crippen molar-refractivity contribution in [2.75, 3.05) is 26.3 Å². The van der Waals surface area contributed by atoms with Gasteiger partial charge in [-0.2, -0.15) is 0 Å². The Kier molecular flexibility index (Phi) is 5.71. The van der Waals surface area contributed by atoms with E-state index in [2.05, 4.69) is 16.8 Å². The molecule has 0 radical (unpaired) electrons. The van der Waals surface area contributed by atoms with Crippen LogP contribution in [0.3, 0.4) is 0 Å². The predicted octanol–water partition coefficient (Wildman–Crippen LogP) is 5.45. The quantitative estimate of drug-likeness (QED) is 0.501. The molecule has 6 nitrogen and oxygen atoms in total. The molecule has 0 bridgehead atoms. The van der Waals surface area contributed by atoms with Gasteiger partial charge in [0.2, 0.25) is 0 Å². The average Bonchev–Trinajstić information content (AvgIpc) is 3.31. The summed E-state index contributed by atoms with van der Waals surface area (Å²) in [6, 6.07) is 15.3. The Morgan fingerprint density at radius 1 is 1.03 bits per heavy atom. The van der Waals surface area contributed by atoms with Gasteiger partial charge in [-0.25, -0.2) is 0 Å². The van der Waals surface area contributed by atoms with E-state index in [1.807, 2.05) is 49.1 Å². The third-order valence-electron chi connectivity index (χ3n) is 6.31. The van der Waals surface area contributed by atoms with Crippen molar-refractivity contribution < 1.29 is 19.0 Å². The molecule has 0 N–H and O–H groups in total. The van der Waals surface area contributed by atoms with Crippen molar-refractivity contribution in [1.29, 1.82) is 0 Å². The van der Waals surface area contributed by atoms with Gasteiger partial charge in [0.25, 0.3) is 5.91 Å². The number of amides is 1. The van der Waals surface area contributed by atoms with Gasteiger partial charge in [-0.05, 0) is 50.2 Å². The van der Waals surface area contributed by atoms with E-state index in [1.54, 1.807) is 12.1 Å². The summed E-state index contributed by atoms with van der Waals surface area (Å²) in [6.07, 6.45) is 3.44. The first-order chi connectivity index (χ1) is 16.0. The summed E-state index contributed by atoms with van der Waals surface area (Å²) in [5.74, 6) is 2.03. The second-order valence-electron chi connectivity index (χ2n) is 8.32.